The van der Waals surface area contributed by atoms with E-state index in [2.05, 4.69) is 171 Å². The third-order valence-electron chi connectivity index (χ3n) is 11.2. The lowest BCUT2D eigenvalue weighted by Crippen LogP contribution is -2.25. The van der Waals surface area contributed by atoms with Gasteiger partial charge in [-0.25, -0.2) is 0 Å². The Kier molecular flexibility index (Phi) is 5.49. The van der Waals surface area contributed by atoms with Crippen LogP contribution in [0.25, 0.3) is 76.1 Å². The van der Waals surface area contributed by atoms with E-state index in [0.29, 0.717) is 0 Å². The van der Waals surface area contributed by atoms with Gasteiger partial charge in [-0.1, -0.05) is 158 Å². The molecule has 0 aliphatic heterocycles. The number of aryl methyl sites for hydroxylation is 1. The lowest BCUT2D eigenvalue weighted by Gasteiger charge is -2.30. The van der Waals surface area contributed by atoms with E-state index in [1.807, 2.05) is 11.3 Å². The normalized spacial score (nSPS) is 15.5. The number of fused-ring (bicyclic) bond motifs is 13. The first kappa shape index (κ1) is 27.2. The molecule has 0 radical (unpaired) electrons. The van der Waals surface area contributed by atoms with Crippen molar-refractivity contribution in [3.05, 3.63) is 191 Å². The number of benzene rings is 8. The Morgan fingerprint density at radius 2 is 0.837 bits per heavy atom. The third kappa shape index (κ3) is 3.43. The molecule has 228 valence electrons. The molecule has 0 amide bonds. The molecule has 9 aromatic rings. The van der Waals surface area contributed by atoms with Crippen LogP contribution in [0.3, 0.4) is 0 Å². The monoisotopic (exact) mass is 638 g/mol. The summed E-state index contributed by atoms with van der Waals surface area (Å²) in [7, 11) is 0. The Hall–Kier alpha value is -5.76. The van der Waals surface area contributed by atoms with Crippen LogP contribution in [0.4, 0.5) is 0 Å². The quantitative estimate of drug-likeness (QED) is 0.165. The third-order valence-corrected chi connectivity index (χ3v) is 12.2. The summed E-state index contributed by atoms with van der Waals surface area (Å²) in [6, 6.07) is 61.5. The molecule has 2 aliphatic carbocycles. The van der Waals surface area contributed by atoms with Crippen LogP contribution in [-0.2, 0) is 5.41 Å². The zero-order valence-corrected chi connectivity index (χ0v) is 27.8. The number of hydrogen-bond acceptors (Lipinski definition) is 1. The van der Waals surface area contributed by atoms with Crippen molar-refractivity contribution in [1.82, 2.24) is 0 Å². The molecule has 0 fully saturated rings. The maximum atomic E-state index is 2.46. The van der Waals surface area contributed by atoms with Crippen molar-refractivity contribution in [2.45, 2.75) is 12.3 Å². The molecule has 11 rings (SSSR count). The second kappa shape index (κ2) is 9.89. The molecule has 1 atom stereocenters. The van der Waals surface area contributed by atoms with Crippen molar-refractivity contribution in [2.24, 2.45) is 0 Å². The van der Waals surface area contributed by atoms with Crippen LogP contribution < -0.4 is 0 Å². The molecule has 1 spiro atoms. The van der Waals surface area contributed by atoms with Gasteiger partial charge in [-0.05, 0) is 107 Å². The molecular formula is C48H30S. The highest BCUT2D eigenvalue weighted by atomic mass is 32.1. The zero-order valence-electron chi connectivity index (χ0n) is 27.0. The molecule has 0 saturated carbocycles. The Morgan fingerprint density at radius 3 is 1.55 bits per heavy atom. The second-order valence-electron chi connectivity index (χ2n) is 13.5. The topological polar surface area (TPSA) is 0 Å². The van der Waals surface area contributed by atoms with Gasteiger partial charge in [0.1, 0.15) is 0 Å². The van der Waals surface area contributed by atoms with E-state index in [1.54, 1.807) is 0 Å². The van der Waals surface area contributed by atoms with Gasteiger partial charge in [0.25, 0.3) is 0 Å². The van der Waals surface area contributed by atoms with Crippen LogP contribution in [-0.4, -0.2) is 0 Å². The number of thiophene rings is 1. The fourth-order valence-electron chi connectivity index (χ4n) is 9.42. The molecule has 0 N–H and O–H groups in total. The van der Waals surface area contributed by atoms with Crippen molar-refractivity contribution in [1.29, 1.82) is 0 Å². The zero-order chi connectivity index (χ0) is 32.3. The largest absolute Gasteiger partial charge is 0.140 e. The highest BCUT2D eigenvalue weighted by molar-refractivity contribution is 7.15. The van der Waals surface area contributed by atoms with Gasteiger partial charge < -0.3 is 0 Å². The van der Waals surface area contributed by atoms with Crippen molar-refractivity contribution in [2.75, 3.05) is 0 Å². The SMILES string of the molecule is Cc1cc2c(s1)-c1ccccc1C21c2ccccc2-c2c(-c3c4ccccc4c(-c4cccc5ccccc45)c4ccccc34)cccc21. The predicted molar refractivity (Wildman–Crippen MR) is 209 cm³/mol. The average Bonchev–Trinajstić information content (AvgIpc) is 3.78. The van der Waals surface area contributed by atoms with Gasteiger partial charge in [-0.3, -0.25) is 0 Å². The summed E-state index contributed by atoms with van der Waals surface area (Å²) < 4.78 is 0. The molecule has 0 bridgehead atoms. The van der Waals surface area contributed by atoms with Crippen LogP contribution in [0.2, 0.25) is 0 Å². The first-order valence-corrected chi connectivity index (χ1v) is 17.9. The maximum Gasteiger partial charge on any atom is 0.0734 e. The summed E-state index contributed by atoms with van der Waals surface area (Å²) in [4.78, 5) is 2.78. The summed E-state index contributed by atoms with van der Waals surface area (Å²) in [5.41, 5.74) is 14.5. The van der Waals surface area contributed by atoms with E-state index in [-0.39, 0.29) is 5.41 Å². The number of hydrogen-bond donors (Lipinski definition) is 0. The van der Waals surface area contributed by atoms with Gasteiger partial charge in [0.15, 0.2) is 0 Å². The van der Waals surface area contributed by atoms with Crippen molar-refractivity contribution < 1.29 is 0 Å². The Labute approximate surface area is 289 Å². The van der Waals surface area contributed by atoms with Crippen molar-refractivity contribution in [3.8, 4) is 43.8 Å². The second-order valence-corrected chi connectivity index (χ2v) is 14.8. The standard InChI is InChI=1S/C48H30S/c1-29-28-43-47(49-29)38-22-9-11-26-41(38)48(43)40-25-10-8-21-37(40)46-39(24-13-27-42(46)48)45-35-19-6-4-17-33(35)44(34-18-5-7-20-36(34)45)32-23-12-15-30-14-2-3-16-31(30)32/h2-28H,1H3. The average molecular weight is 639 g/mol. The van der Waals surface area contributed by atoms with Gasteiger partial charge in [-0.15, -0.1) is 11.3 Å². The maximum absolute atomic E-state index is 2.46. The fourth-order valence-corrected chi connectivity index (χ4v) is 10.5. The Bertz CT molecular complexity index is 2790. The predicted octanol–water partition coefficient (Wildman–Crippen LogP) is 13.2. The van der Waals surface area contributed by atoms with Gasteiger partial charge in [-0.2, -0.15) is 0 Å². The molecule has 1 aromatic heterocycles. The van der Waals surface area contributed by atoms with Crippen molar-refractivity contribution >= 4 is 43.7 Å². The summed E-state index contributed by atoms with van der Waals surface area (Å²) in [6.45, 7) is 2.26. The minimum atomic E-state index is -0.340. The summed E-state index contributed by atoms with van der Waals surface area (Å²) in [5, 5.41) is 7.69. The molecule has 49 heavy (non-hydrogen) atoms. The smallest absolute Gasteiger partial charge is 0.0734 e. The van der Waals surface area contributed by atoms with Gasteiger partial charge in [0, 0.05) is 9.75 Å². The minimum absolute atomic E-state index is 0.340. The van der Waals surface area contributed by atoms with Gasteiger partial charge >= 0.3 is 0 Å². The van der Waals surface area contributed by atoms with E-state index in [1.165, 1.54) is 103 Å². The molecule has 8 aromatic carbocycles. The summed E-state index contributed by atoms with van der Waals surface area (Å²) in [5.74, 6) is 0. The lowest BCUT2D eigenvalue weighted by molar-refractivity contribution is 0.795. The first-order valence-electron chi connectivity index (χ1n) is 17.1. The first-order chi connectivity index (χ1) is 24.2. The van der Waals surface area contributed by atoms with Crippen LogP contribution in [0.1, 0.15) is 27.1 Å². The van der Waals surface area contributed by atoms with Crippen LogP contribution >= 0.6 is 11.3 Å². The van der Waals surface area contributed by atoms with Gasteiger partial charge in [0.2, 0.25) is 0 Å². The van der Waals surface area contributed by atoms with Crippen LogP contribution in [0.15, 0.2) is 164 Å². The fraction of sp³-hybridized carbons (Fsp3) is 0.0417. The lowest BCUT2D eigenvalue weighted by atomic mass is 9.70. The molecule has 2 aliphatic rings. The number of rotatable bonds is 2. The molecule has 0 nitrogen and oxygen atoms in total. The van der Waals surface area contributed by atoms with E-state index in [0.717, 1.165) is 0 Å². The van der Waals surface area contributed by atoms with E-state index in [9.17, 15) is 0 Å². The van der Waals surface area contributed by atoms with E-state index >= 15 is 0 Å². The molecular weight excluding hydrogens is 609 g/mol. The molecule has 1 heterocycles. The molecule has 1 unspecified atom stereocenters. The summed E-state index contributed by atoms with van der Waals surface area (Å²) in [6.07, 6.45) is 0. The Morgan fingerprint density at radius 1 is 0.367 bits per heavy atom. The van der Waals surface area contributed by atoms with Gasteiger partial charge in [0.05, 0.1) is 5.41 Å². The molecule has 0 saturated heterocycles. The Balaban J connectivity index is 1.29. The van der Waals surface area contributed by atoms with Crippen LogP contribution in [0, 0.1) is 6.92 Å². The highest BCUT2D eigenvalue weighted by Gasteiger charge is 2.53. The molecule has 1 heteroatoms. The van der Waals surface area contributed by atoms with Crippen molar-refractivity contribution in [3.63, 3.8) is 0 Å². The van der Waals surface area contributed by atoms with Crippen LogP contribution in [0.5, 0.6) is 0 Å². The summed E-state index contributed by atoms with van der Waals surface area (Å²) >= 11 is 1.93. The van der Waals surface area contributed by atoms with E-state index < -0.39 is 0 Å². The van der Waals surface area contributed by atoms with E-state index in [4.69, 9.17) is 0 Å². The highest BCUT2D eigenvalue weighted by Crippen LogP contribution is 2.65. The minimum Gasteiger partial charge on any atom is -0.140 e.